The summed E-state index contributed by atoms with van der Waals surface area (Å²) in [6.45, 7) is 1.91. The number of aliphatic hydroxyl groups excluding tert-OH is 3. The summed E-state index contributed by atoms with van der Waals surface area (Å²) in [6, 6.07) is 0. The van der Waals surface area contributed by atoms with Crippen molar-refractivity contribution in [1.29, 1.82) is 0 Å². The van der Waals surface area contributed by atoms with Crippen LogP contribution < -0.4 is 0 Å². The Balaban J connectivity index is 2.77. The molecule has 0 aromatic carbocycles. The van der Waals surface area contributed by atoms with Gasteiger partial charge < -0.3 is 29.5 Å². The highest BCUT2D eigenvalue weighted by atomic mass is 16.7. The average Bonchev–Trinajstić information content (AvgIpc) is 2.24. The zero-order valence-electron chi connectivity index (χ0n) is 9.98. The van der Waals surface area contributed by atoms with Gasteiger partial charge in [-0.2, -0.15) is 0 Å². The Morgan fingerprint density at radius 3 is 2.06 bits per heavy atom. The first-order chi connectivity index (χ1) is 8.32. The number of hydrogen-bond acceptors (Lipinski definition) is 8. The van der Waals surface area contributed by atoms with Crippen LogP contribution in [0.2, 0.25) is 0 Å². The Labute approximate surface area is 103 Å². The van der Waals surface area contributed by atoms with E-state index in [0.717, 1.165) is 13.8 Å². The molecule has 3 N–H and O–H groups in total. The second-order valence-electron chi connectivity index (χ2n) is 3.93. The number of carbonyl (C=O) groups excluding carboxylic acids is 2. The summed E-state index contributed by atoms with van der Waals surface area (Å²) >= 11 is 0. The van der Waals surface area contributed by atoms with Crippen LogP contribution in [0.1, 0.15) is 13.8 Å². The third-order valence-electron chi connectivity index (χ3n) is 2.37. The molecule has 1 saturated heterocycles. The van der Waals surface area contributed by atoms with Crippen LogP contribution in [0.5, 0.6) is 0 Å². The molecule has 18 heavy (non-hydrogen) atoms. The number of carbonyl (C=O) groups is 2. The fourth-order valence-corrected chi connectivity index (χ4v) is 1.55. The first-order valence-corrected chi connectivity index (χ1v) is 5.33. The van der Waals surface area contributed by atoms with E-state index in [2.05, 4.69) is 0 Å². The molecule has 104 valence electrons. The van der Waals surface area contributed by atoms with Gasteiger partial charge in [0.05, 0.1) is 6.61 Å². The summed E-state index contributed by atoms with van der Waals surface area (Å²) in [5.41, 5.74) is 0. The molecule has 1 aliphatic rings. The lowest BCUT2D eigenvalue weighted by molar-refractivity contribution is -0.260. The van der Waals surface area contributed by atoms with E-state index in [4.69, 9.17) is 14.2 Å². The first-order valence-electron chi connectivity index (χ1n) is 5.33. The van der Waals surface area contributed by atoms with Crippen molar-refractivity contribution in [1.82, 2.24) is 0 Å². The van der Waals surface area contributed by atoms with Gasteiger partial charge in [0.1, 0.15) is 18.3 Å². The molecular formula is C10H16O8. The predicted molar refractivity (Wildman–Crippen MR) is 55.1 cm³/mol. The summed E-state index contributed by atoms with van der Waals surface area (Å²) in [5, 5.41) is 28.4. The molecule has 0 aliphatic carbocycles. The Kier molecular flexibility index (Phi) is 5.03. The SMILES string of the molecule is CC(=O)OC(OC(C)=O)[C@H]1OC[C@H](O)[C@@H](O)[C@H]1O. The highest BCUT2D eigenvalue weighted by Gasteiger charge is 2.44. The first kappa shape index (κ1) is 14.8. The van der Waals surface area contributed by atoms with Crippen molar-refractivity contribution in [2.24, 2.45) is 0 Å². The maximum atomic E-state index is 10.9. The summed E-state index contributed by atoms with van der Waals surface area (Å²) in [6.07, 6.45) is -7.00. The van der Waals surface area contributed by atoms with E-state index in [1.807, 2.05) is 0 Å². The molecule has 0 radical (unpaired) electrons. The van der Waals surface area contributed by atoms with E-state index in [9.17, 15) is 24.9 Å². The van der Waals surface area contributed by atoms with Gasteiger partial charge in [-0.25, -0.2) is 0 Å². The summed E-state index contributed by atoms with van der Waals surface area (Å²) in [7, 11) is 0. The van der Waals surface area contributed by atoms with E-state index in [0.29, 0.717) is 0 Å². The van der Waals surface area contributed by atoms with Crippen molar-refractivity contribution in [3.63, 3.8) is 0 Å². The van der Waals surface area contributed by atoms with E-state index in [1.54, 1.807) is 0 Å². The van der Waals surface area contributed by atoms with Crippen LogP contribution in [0.3, 0.4) is 0 Å². The van der Waals surface area contributed by atoms with Gasteiger partial charge >= 0.3 is 11.9 Å². The van der Waals surface area contributed by atoms with Gasteiger partial charge in [-0.05, 0) is 0 Å². The number of esters is 2. The van der Waals surface area contributed by atoms with Gasteiger partial charge in [0, 0.05) is 13.8 Å². The Morgan fingerprint density at radius 1 is 1.11 bits per heavy atom. The van der Waals surface area contributed by atoms with Crippen molar-refractivity contribution < 1.29 is 39.1 Å². The van der Waals surface area contributed by atoms with Crippen molar-refractivity contribution in [3.8, 4) is 0 Å². The Bertz CT molecular complexity index is 301. The number of aliphatic hydroxyl groups is 3. The zero-order chi connectivity index (χ0) is 13.9. The van der Waals surface area contributed by atoms with Gasteiger partial charge in [0.15, 0.2) is 6.10 Å². The predicted octanol–water partition coefficient (Wildman–Crippen LogP) is -2.08. The van der Waals surface area contributed by atoms with Crippen LogP contribution in [-0.2, 0) is 23.8 Å². The van der Waals surface area contributed by atoms with Gasteiger partial charge in [0.25, 0.3) is 6.29 Å². The molecule has 0 spiro atoms. The monoisotopic (exact) mass is 264 g/mol. The zero-order valence-corrected chi connectivity index (χ0v) is 9.98. The average molecular weight is 264 g/mol. The molecule has 4 atom stereocenters. The molecule has 1 heterocycles. The van der Waals surface area contributed by atoms with E-state index in [1.165, 1.54) is 0 Å². The Hall–Kier alpha value is -1.22. The van der Waals surface area contributed by atoms with Crippen LogP contribution in [0.15, 0.2) is 0 Å². The minimum Gasteiger partial charge on any atom is -0.422 e. The molecule has 0 aromatic rings. The van der Waals surface area contributed by atoms with E-state index in [-0.39, 0.29) is 6.61 Å². The fourth-order valence-electron chi connectivity index (χ4n) is 1.55. The second-order valence-corrected chi connectivity index (χ2v) is 3.93. The normalized spacial score (nSPS) is 32.1. The summed E-state index contributed by atoms with van der Waals surface area (Å²) in [4.78, 5) is 21.7. The van der Waals surface area contributed by atoms with Crippen molar-refractivity contribution in [2.45, 2.75) is 44.6 Å². The van der Waals surface area contributed by atoms with E-state index < -0.39 is 42.6 Å². The molecule has 0 bridgehead atoms. The molecule has 8 heteroatoms. The third-order valence-corrected chi connectivity index (χ3v) is 2.37. The molecular weight excluding hydrogens is 248 g/mol. The molecule has 8 nitrogen and oxygen atoms in total. The van der Waals surface area contributed by atoms with Crippen molar-refractivity contribution >= 4 is 11.9 Å². The maximum absolute atomic E-state index is 10.9. The number of hydrogen-bond donors (Lipinski definition) is 3. The minimum absolute atomic E-state index is 0.276. The van der Waals surface area contributed by atoms with Gasteiger partial charge in [-0.15, -0.1) is 0 Å². The summed E-state index contributed by atoms with van der Waals surface area (Å²) in [5.74, 6) is -1.48. The van der Waals surface area contributed by atoms with Crippen LogP contribution >= 0.6 is 0 Å². The van der Waals surface area contributed by atoms with Crippen LogP contribution in [-0.4, -0.2) is 64.6 Å². The number of rotatable bonds is 3. The molecule has 0 saturated carbocycles. The largest absolute Gasteiger partial charge is 0.422 e. The lowest BCUT2D eigenvalue weighted by Crippen LogP contribution is -2.58. The lowest BCUT2D eigenvalue weighted by atomic mass is 10.00. The third kappa shape index (κ3) is 3.64. The maximum Gasteiger partial charge on any atom is 0.305 e. The van der Waals surface area contributed by atoms with Gasteiger partial charge in [0.2, 0.25) is 0 Å². The van der Waals surface area contributed by atoms with Crippen LogP contribution in [0.25, 0.3) is 0 Å². The minimum atomic E-state index is -1.54. The van der Waals surface area contributed by atoms with Crippen LogP contribution in [0.4, 0.5) is 0 Å². The quantitative estimate of drug-likeness (QED) is 0.392. The highest BCUT2D eigenvalue weighted by molar-refractivity contribution is 5.68. The molecule has 1 aliphatic heterocycles. The number of ether oxygens (including phenoxy) is 3. The smallest absolute Gasteiger partial charge is 0.305 e. The molecule has 0 amide bonds. The van der Waals surface area contributed by atoms with Crippen molar-refractivity contribution in [2.75, 3.05) is 6.61 Å². The van der Waals surface area contributed by atoms with Crippen LogP contribution in [0, 0.1) is 0 Å². The molecule has 1 fully saturated rings. The molecule has 0 unspecified atom stereocenters. The van der Waals surface area contributed by atoms with Gasteiger partial charge in [-0.3, -0.25) is 9.59 Å². The molecule has 0 aromatic heterocycles. The van der Waals surface area contributed by atoms with Crippen molar-refractivity contribution in [3.05, 3.63) is 0 Å². The van der Waals surface area contributed by atoms with Gasteiger partial charge in [-0.1, -0.05) is 0 Å². The summed E-state index contributed by atoms with van der Waals surface area (Å²) < 4.78 is 14.4. The standard InChI is InChI=1S/C10H16O8/c1-4(11)17-10(18-5(2)12)9-8(15)7(14)6(13)3-16-9/h6-10,13-15H,3H2,1-2H3/t6-,7+,8+,9-/m0/s1. The lowest BCUT2D eigenvalue weighted by Gasteiger charge is -2.37. The second kappa shape index (κ2) is 6.10. The molecule has 1 rings (SSSR count). The van der Waals surface area contributed by atoms with E-state index >= 15 is 0 Å². The Morgan fingerprint density at radius 2 is 1.61 bits per heavy atom. The fraction of sp³-hybridized carbons (Fsp3) is 0.800. The highest BCUT2D eigenvalue weighted by Crippen LogP contribution is 2.21. The topological polar surface area (TPSA) is 123 Å².